The van der Waals surface area contributed by atoms with Crippen LogP contribution in [0.1, 0.15) is 13.3 Å². The van der Waals surface area contributed by atoms with Crippen LogP contribution in [-0.2, 0) is 0 Å². The van der Waals surface area contributed by atoms with Crippen LogP contribution in [0.15, 0.2) is 28.9 Å². The maximum absolute atomic E-state index is 8.72. The van der Waals surface area contributed by atoms with Gasteiger partial charge in [0, 0.05) is 5.70 Å². The highest BCUT2D eigenvalue weighted by Crippen LogP contribution is 2.03. The Hall–Kier alpha value is -0.890. The van der Waals surface area contributed by atoms with Crippen molar-refractivity contribution in [3.05, 3.63) is 23.9 Å². The molecule has 0 saturated carbocycles. The number of hydrogen-bond acceptors (Lipinski definition) is 2. The van der Waals surface area contributed by atoms with Crippen molar-refractivity contribution < 1.29 is 5.11 Å². The topological polar surface area (TPSA) is 32.6 Å². The van der Waals surface area contributed by atoms with Gasteiger partial charge < -0.3 is 5.11 Å². The first-order valence-corrected chi connectivity index (χ1v) is 3.34. The fourth-order valence-corrected chi connectivity index (χ4v) is 0.840. The van der Waals surface area contributed by atoms with E-state index in [-0.39, 0.29) is 6.61 Å². The second-order valence-corrected chi connectivity index (χ2v) is 2.24. The highest BCUT2D eigenvalue weighted by atomic mass is 16.3. The minimum atomic E-state index is 0.0294. The highest BCUT2D eigenvalue weighted by molar-refractivity contribution is 5.96. The number of nitrogens with zero attached hydrogens (tertiary/aromatic N) is 1. The molecule has 54 valence electrons. The molecule has 1 aliphatic heterocycles. The lowest BCUT2D eigenvalue weighted by molar-refractivity contribution is 0.358. The summed E-state index contributed by atoms with van der Waals surface area (Å²) in [7, 11) is 0. The second kappa shape index (κ2) is 3.32. The van der Waals surface area contributed by atoms with Crippen LogP contribution in [0.3, 0.4) is 0 Å². The minimum Gasteiger partial charge on any atom is -0.390 e. The first-order valence-electron chi connectivity index (χ1n) is 3.34. The Kier molecular flexibility index (Phi) is 2.40. The zero-order valence-corrected chi connectivity index (χ0v) is 6.04. The average molecular weight is 137 g/mol. The lowest BCUT2D eigenvalue weighted by Crippen LogP contribution is -1.98. The zero-order chi connectivity index (χ0) is 7.40. The molecule has 2 heteroatoms. The predicted octanol–water partition coefficient (Wildman–Crippen LogP) is 1.28. The molecule has 10 heavy (non-hydrogen) atoms. The Morgan fingerprint density at radius 2 is 2.50 bits per heavy atom. The van der Waals surface area contributed by atoms with Gasteiger partial charge in [-0.3, -0.25) is 4.99 Å². The summed E-state index contributed by atoms with van der Waals surface area (Å²) in [6.07, 6.45) is 6.79. The second-order valence-electron chi connectivity index (χ2n) is 2.24. The van der Waals surface area contributed by atoms with Crippen LogP contribution in [0.2, 0.25) is 0 Å². The summed E-state index contributed by atoms with van der Waals surface area (Å²) in [5.74, 6) is 0. The van der Waals surface area contributed by atoms with Crippen LogP contribution in [0.4, 0.5) is 0 Å². The molecule has 0 amide bonds. The molecule has 0 spiro atoms. The Morgan fingerprint density at radius 3 is 3.20 bits per heavy atom. The standard InChI is InChI=1S/C8H11NO/c1-7-4-2-3-5-8(6-10)9-7/h3-5,10H,2,6H2,1H3. The Morgan fingerprint density at radius 1 is 1.70 bits per heavy atom. The largest absolute Gasteiger partial charge is 0.390 e. The molecule has 2 nitrogen and oxygen atoms in total. The predicted molar refractivity (Wildman–Crippen MR) is 42.0 cm³/mol. The number of allylic oxidation sites excluding steroid dienone is 3. The third kappa shape index (κ3) is 1.81. The summed E-state index contributed by atoms with van der Waals surface area (Å²) in [5.41, 5.74) is 1.72. The van der Waals surface area contributed by atoms with E-state index < -0.39 is 0 Å². The molecular weight excluding hydrogens is 126 g/mol. The van der Waals surface area contributed by atoms with Crippen LogP contribution < -0.4 is 0 Å². The average Bonchev–Trinajstić information content (AvgIpc) is 2.13. The zero-order valence-electron chi connectivity index (χ0n) is 6.04. The van der Waals surface area contributed by atoms with Gasteiger partial charge in [0.05, 0.1) is 12.3 Å². The smallest absolute Gasteiger partial charge is 0.0852 e. The highest BCUT2D eigenvalue weighted by Gasteiger charge is 1.94. The van der Waals surface area contributed by atoms with Crippen molar-refractivity contribution in [2.24, 2.45) is 4.99 Å². The van der Waals surface area contributed by atoms with Gasteiger partial charge in [-0.2, -0.15) is 0 Å². The summed E-state index contributed by atoms with van der Waals surface area (Å²) in [6.45, 7) is 1.96. The molecule has 0 unspecified atom stereocenters. The number of rotatable bonds is 1. The Labute approximate surface area is 60.6 Å². The van der Waals surface area contributed by atoms with Gasteiger partial charge in [-0.05, 0) is 19.4 Å². The number of aliphatic hydroxyl groups is 1. The Balaban J connectivity index is 2.79. The van der Waals surface area contributed by atoms with Crippen LogP contribution >= 0.6 is 0 Å². The molecule has 1 rings (SSSR count). The lowest BCUT2D eigenvalue weighted by atomic mass is 10.3. The number of aliphatic hydroxyl groups excluding tert-OH is 1. The monoisotopic (exact) mass is 137 g/mol. The Bertz CT molecular complexity index is 201. The summed E-state index contributed by atoms with van der Waals surface area (Å²) in [4.78, 5) is 4.14. The third-order valence-corrected chi connectivity index (χ3v) is 1.34. The maximum atomic E-state index is 8.72. The van der Waals surface area contributed by atoms with Gasteiger partial charge in [0.1, 0.15) is 0 Å². The van der Waals surface area contributed by atoms with E-state index in [1.165, 1.54) is 0 Å². The molecule has 1 N–H and O–H groups in total. The van der Waals surface area contributed by atoms with E-state index >= 15 is 0 Å². The molecule has 1 heterocycles. The molecule has 0 aliphatic carbocycles. The first kappa shape index (κ1) is 7.22. The summed E-state index contributed by atoms with van der Waals surface area (Å²) in [6, 6.07) is 0. The van der Waals surface area contributed by atoms with Crippen molar-refractivity contribution in [3.63, 3.8) is 0 Å². The molecule has 1 aliphatic rings. The molecule has 0 radical (unpaired) electrons. The summed E-state index contributed by atoms with van der Waals surface area (Å²) in [5, 5.41) is 8.72. The van der Waals surface area contributed by atoms with Crippen molar-refractivity contribution >= 4 is 5.71 Å². The van der Waals surface area contributed by atoms with E-state index in [1.54, 1.807) is 0 Å². The molecule has 0 aromatic rings. The molecular formula is C8H11NO. The van der Waals surface area contributed by atoms with E-state index in [4.69, 9.17) is 5.11 Å². The van der Waals surface area contributed by atoms with Crippen LogP contribution in [0.5, 0.6) is 0 Å². The molecule has 0 aromatic heterocycles. The van der Waals surface area contributed by atoms with Crippen molar-refractivity contribution in [1.29, 1.82) is 0 Å². The van der Waals surface area contributed by atoms with Crippen LogP contribution in [-0.4, -0.2) is 17.4 Å². The van der Waals surface area contributed by atoms with Gasteiger partial charge in [0.15, 0.2) is 0 Å². The van der Waals surface area contributed by atoms with Gasteiger partial charge in [-0.15, -0.1) is 0 Å². The van der Waals surface area contributed by atoms with Gasteiger partial charge in [-0.25, -0.2) is 0 Å². The van der Waals surface area contributed by atoms with E-state index in [0.29, 0.717) is 0 Å². The van der Waals surface area contributed by atoms with E-state index in [0.717, 1.165) is 17.8 Å². The molecule has 0 bridgehead atoms. The van der Waals surface area contributed by atoms with Crippen LogP contribution in [0.25, 0.3) is 0 Å². The molecule has 0 fully saturated rings. The normalized spacial score (nSPS) is 17.8. The van der Waals surface area contributed by atoms with E-state index in [2.05, 4.69) is 4.99 Å². The quantitative estimate of drug-likeness (QED) is 0.580. The number of hydrogen-bond donors (Lipinski definition) is 1. The van der Waals surface area contributed by atoms with Crippen molar-refractivity contribution in [2.75, 3.05) is 6.61 Å². The fourth-order valence-electron chi connectivity index (χ4n) is 0.840. The molecule has 0 atom stereocenters. The van der Waals surface area contributed by atoms with Gasteiger partial charge in [-0.1, -0.05) is 12.2 Å². The maximum Gasteiger partial charge on any atom is 0.0852 e. The van der Waals surface area contributed by atoms with Gasteiger partial charge >= 0.3 is 0 Å². The van der Waals surface area contributed by atoms with E-state index in [1.807, 2.05) is 25.2 Å². The lowest BCUT2D eigenvalue weighted by Gasteiger charge is -1.92. The van der Waals surface area contributed by atoms with Gasteiger partial charge in [0.25, 0.3) is 0 Å². The van der Waals surface area contributed by atoms with Crippen molar-refractivity contribution in [2.45, 2.75) is 13.3 Å². The first-order chi connectivity index (χ1) is 4.83. The van der Waals surface area contributed by atoms with Gasteiger partial charge in [0.2, 0.25) is 0 Å². The number of aliphatic imine (C=N–C) groups is 1. The summed E-state index contributed by atoms with van der Waals surface area (Å²) >= 11 is 0. The fraction of sp³-hybridized carbons (Fsp3) is 0.375. The SMILES string of the molecule is CC1=CCC=CC(CO)=N1. The minimum absolute atomic E-state index is 0.0294. The third-order valence-electron chi connectivity index (χ3n) is 1.34. The van der Waals surface area contributed by atoms with Crippen molar-refractivity contribution in [1.82, 2.24) is 0 Å². The molecule has 0 saturated heterocycles. The van der Waals surface area contributed by atoms with Crippen molar-refractivity contribution in [3.8, 4) is 0 Å². The van der Waals surface area contributed by atoms with E-state index in [9.17, 15) is 0 Å². The molecule has 0 aromatic carbocycles. The van der Waals surface area contributed by atoms with Crippen LogP contribution in [0, 0.1) is 0 Å². The summed E-state index contributed by atoms with van der Waals surface area (Å²) < 4.78 is 0.